The van der Waals surface area contributed by atoms with Crippen LogP contribution in [0.1, 0.15) is 13.8 Å². The van der Waals surface area contributed by atoms with Crippen LogP contribution in [0.25, 0.3) is 0 Å². The average molecular weight is 292 g/mol. The molecule has 1 aromatic carbocycles. The Labute approximate surface area is 124 Å². The maximum Gasteiger partial charge on any atom is 0.331 e. The Kier molecular flexibility index (Phi) is 4.18. The molecule has 0 spiro atoms. The molecule has 0 unspecified atom stereocenters. The topological polar surface area (TPSA) is 67.9 Å². The van der Waals surface area contributed by atoms with Gasteiger partial charge in [-0.3, -0.25) is 9.80 Å². The van der Waals surface area contributed by atoms with Crippen molar-refractivity contribution in [1.82, 2.24) is 5.43 Å². The lowest BCUT2D eigenvalue weighted by atomic mass is 9.84. The standard InChI is InChI=1S/C15H20N2O4/c1-15(2)11(13(18)20-3)12(14(19)21-4)17(16-15)10-8-6-5-7-9-10/h5-9,11-12,16H,1-4H3/t11-,12+/m1/s1. The molecule has 1 aromatic rings. The maximum absolute atomic E-state index is 12.2. The molecule has 0 amide bonds. The van der Waals surface area contributed by atoms with E-state index in [1.165, 1.54) is 14.2 Å². The summed E-state index contributed by atoms with van der Waals surface area (Å²) in [5, 5.41) is 1.67. The first-order valence-electron chi connectivity index (χ1n) is 6.70. The van der Waals surface area contributed by atoms with Crippen LogP contribution in [0, 0.1) is 5.92 Å². The number of methoxy groups -OCH3 is 2. The number of hydrogen-bond acceptors (Lipinski definition) is 6. The zero-order valence-corrected chi connectivity index (χ0v) is 12.6. The summed E-state index contributed by atoms with van der Waals surface area (Å²) in [6.45, 7) is 3.71. The highest BCUT2D eigenvalue weighted by atomic mass is 16.5. The summed E-state index contributed by atoms with van der Waals surface area (Å²) in [7, 11) is 2.63. The van der Waals surface area contributed by atoms with Crippen molar-refractivity contribution in [2.75, 3.05) is 19.2 Å². The van der Waals surface area contributed by atoms with Crippen molar-refractivity contribution < 1.29 is 19.1 Å². The highest BCUT2D eigenvalue weighted by molar-refractivity contribution is 5.89. The summed E-state index contributed by atoms with van der Waals surface area (Å²) in [6, 6.07) is 8.56. The van der Waals surface area contributed by atoms with E-state index < -0.39 is 29.4 Å². The molecule has 1 N–H and O–H groups in total. The fourth-order valence-electron chi connectivity index (χ4n) is 2.72. The lowest BCUT2D eigenvalue weighted by Crippen LogP contribution is -2.45. The molecule has 0 aromatic heterocycles. The fourth-order valence-corrected chi connectivity index (χ4v) is 2.72. The van der Waals surface area contributed by atoms with E-state index in [1.54, 1.807) is 5.01 Å². The first-order valence-corrected chi connectivity index (χ1v) is 6.70. The van der Waals surface area contributed by atoms with Crippen molar-refractivity contribution in [2.45, 2.75) is 25.4 Å². The number of ether oxygens (including phenoxy) is 2. The van der Waals surface area contributed by atoms with Crippen LogP contribution in [0.3, 0.4) is 0 Å². The van der Waals surface area contributed by atoms with Gasteiger partial charge in [0.1, 0.15) is 5.92 Å². The van der Waals surface area contributed by atoms with Crippen molar-refractivity contribution >= 4 is 17.6 Å². The minimum Gasteiger partial charge on any atom is -0.469 e. The number of esters is 2. The summed E-state index contributed by atoms with van der Waals surface area (Å²) in [6.07, 6.45) is 0. The van der Waals surface area contributed by atoms with E-state index in [0.717, 1.165) is 5.69 Å². The number of hydrogen-bond donors (Lipinski definition) is 1. The first kappa shape index (κ1) is 15.3. The number of hydrazine groups is 1. The van der Waals surface area contributed by atoms with Crippen LogP contribution in [0.5, 0.6) is 0 Å². The molecule has 1 aliphatic heterocycles. The molecule has 0 bridgehead atoms. The second-order valence-electron chi connectivity index (χ2n) is 5.51. The van der Waals surface area contributed by atoms with E-state index in [2.05, 4.69) is 5.43 Å². The van der Waals surface area contributed by atoms with Crippen molar-refractivity contribution in [1.29, 1.82) is 0 Å². The minimum absolute atomic E-state index is 0.443. The molecule has 0 saturated carbocycles. The number of para-hydroxylation sites is 1. The number of nitrogens with one attached hydrogen (secondary N) is 1. The fraction of sp³-hybridized carbons (Fsp3) is 0.467. The molecule has 2 rings (SSSR count). The number of nitrogens with zero attached hydrogens (tertiary/aromatic N) is 1. The van der Waals surface area contributed by atoms with E-state index in [0.29, 0.717) is 0 Å². The second-order valence-corrected chi connectivity index (χ2v) is 5.51. The molecule has 1 saturated heterocycles. The Bertz CT molecular complexity index is 530. The van der Waals surface area contributed by atoms with Crippen molar-refractivity contribution in [3.05, 3.63) is 30.3 Å². The zero-order chi connectivity index (χ0) is 15.6. The summed E-state index contributed by atoms with van der Waals surface area (Å²) in [5.74, 6) is -1.59. The largest absolute Gasteiger partial charge is 0.469 e. The highest BCUT2D eigenvalue weighted by Crippen LogP contribution is 2.35. The van der Waals surface area contributed by atoms with Gasteiger partial charge in [0, 0.05) is 5.54 Å². The molecular weight excluding hydrogens is 272 g/mol. The Hall–Kier alpha value is -2.08. The lowest BCUT2D eigenvalue weighted by Gasteiger charge is -2.25. The Morgan fingerprint density at radius 2 is 1.67 bits per heavy atom. The summed E-state index contributed by atoms with van der Waals surface area (Å²) >= 11 is 0. The number of carbonyl (C=O) groups excluding carboxylic acids is 2. The van der Waals surface area contributed by atoms with Gasteiger partial charge in [0.2, 0.25) is 0 Å². The van der Waals surface area contributed by atoms with E-state index in [4.69, 9.17) is 9.47 Å². The molecule has 21 heavy (non-hydrogen) atoms. The van der Waals surface area contributed by atoms with Crippen LogP contribution in [0.2, 0.25) is 0 Å². The van der Waals surface area contributed by atoms with E-state index in [1.807, 2.05) is 44.2 Å². The van der Waals surface area contributed by atoms with E-state index in [-0.39, 0.29) is 0 Å². The van der Waals surface area contributed by atoms with Gasteiger partial charge in [-0.15, -0.1) is 0 Å². The highest BCUT2D eigenvalue weighted by Gasteiger charge is 2.55. The van der Waals surface area contributed by atoms with Gasteiger partial charge in [-0.2, -0.15) is 0 Å². The van der Waals surface area contributed by atoms with Gasteiger partial charge in [0.25, 0.3) is 0 Å². The predicted octanol–water partition coefficient (Wildman–Crippen LogP) is 1.12. The van der Waals surface area contributed by atoms with Crippen molar-refractivity contribution in [3.63, 3.8) is 0 Å². The molecule has 1 aliphatic rings. The van der Waals surface area contributed by atoms with Crippen LogP contribution >= 0.6 is 0 Å². The average Bonchev–Trinajstić information content (AvgIpc) is 2.78. The molecule has 0 aliphatic carbocycles. The monoisotopic (exact) mass is 292 g/mol. The van der Waals surface area contributed by atoms with Gasteiger partial charge in [0.15, 0.2) is 6.04 Å². The van der Waals surface area contributed by atoms with Gasteiger partial charge in [-0.25, -0.2) is 10.2 Å². The van der Waals surface area contributed by atoms with Gasteiger partial charge < -0.3 is 9.47 Å². The number of anilines is 1. The molecule has 1 heterocycles. The van der Waals surface area contributed by atoms with E-state index in [9.17, 15) is 9.59 Å². The maximum atomic E-state index is 12.2. The number of carbonyl (C=O) groups is 2. The molecule has 6 nitrogen and oxygen atoms in total. The lowest BCUT2D eigenvalue weighted by molar-refractivity contribution is -0.154. The molecular formula is C15H20N2O4. The van der Waals surface area contributed by atoms with Gasteiger partial charge >= 0.3 is 11.9 Å². The first-order chi connectivity index (χ1) is 9.92. The summed E-state index contributed by atoms with van der Waals surface area (Å²) < 4.78 is 9.74. The third kappa shape index (κ3) is 2.71. The van der Waals surface area contributed by atoms with Gasteiger partial charge in [-0.05, 0) is 26.0 Å². The van der Waals surface area contributed by atoms with Gasteiger partial charge in [-0.1, -0.05) is 18.2 Å². The molecule has 2 atom stereocenters. The van der Waals surface area contributed by atoms with Gasteiger partial charge in [0.05, 0.1) is 19.9 Å². The minimum atomic E-state index is -0.778. The van der Waals surface area contributed by atoms with Crippen molar-refractivity contribution in [2.24, 2.45) is 5.92 Å². The summed E-state index contributed by atoms with van der Waals surface area (Å²) in [5.41, 5.74) is 3.36. The van der Waals surface area contributed by atoms with Crippen LogP contribution in [0.15, 0.2) is 30.3 Å². The number of benzene rings is 1. The van der Waals surface area contributed by atoms with Crippen molar-refractivity contribution in [3.8, 4) is 0 Å². The van der Waals surface area contributed by atoms with Crippen LogP contribution in [-0.4, -0.2) is 37.7 Å². The SMILES string of the molecule is COC(=O)[C@@H]1[C@H](C(=O)OC)C(C)(C)NN1c1ccccc1. The van der Waals surface area contributed by atoms with Crippen LogP contribution in [-0.2, 0) is 19.1 Å². The summed E-state index contributed by atoms with van der Waals surface area (Å²) in [4.78, 5) is 24.3. The predicted molar refractivity (Wildman–Crippen MR) is 77.4 cm³/mol. The molecule has 1 fully saturated rings. The Morgan fingerprint density at radius 3 is 2.19 bits per heavy atom. The third-order valence-corrected chi connectivity index (χ3v) is 3.71. The smallest absolute Gasteiger partial charge is 0.331 e. The quantitative estimate of drug-likeness (QED) is 0.842. The molecule has 114 valence electrons. The normalized spacial score (nSPS) is 23.7. The van der Waals surface area contributed by atoms with Crippen LogP contribution in [0.4, 0.5) is 5.69 Å². The third-order valence-electron chi connectivity index (χ3n) is 3.71. The molecule has 0 radical (unpaired) electrons. The Morgan fingerprint density at radius 1 is 1.10 bits per heavy atom. The molecule has 6 heteroatoms. The second kappa shape index (κ2) is 5.73. The van der Waals surface area contributed by atoms with Crippen LogP contribution < -0.4 is 10.4 Å². The zero-order valence-electron chi connectivity index (χ0n) is 12.6. The Balaban J connectivity index is 2.46. The number of rotatable bonds is 3. The van der Waals surface area contributed by atoms with E-state index >= 15 is 0 Å².